The fraction of sp³-hybridized carbons (Fsp3) is 0.444. The molecule has 2 aliphatic rings. The molecule has 1 heterocycles. The number of hydrogen-bond acceptors (Lipinski definition) is 4. The number of likely N-dealkylation sites (tertiary alicyclic amines) is 1. The maximum absolute atomic E-state index is 13.7. The van der Waals surface area contributed by atoms with Gasteiger partial charge in [-0.2, -0.15) is 0 Å². The third kappa shape index (κ3) is 6.01. The van der Waals surface area contributed by atoms with E-state index in [1.165, 1.54) is 12.1 Å². The second kappa shape index (κ2) is 10.8. The molecule has 34 heavy (non-hydrogen) atoms. The van der Waals surface area contributed by atoms with Crippen LogP contribution in [0.2, 0.25) is 0 Å². The molecule has 1 aliphatic heterocycles. The molecule has 1 saturated heterocycles. The van der Waals surface area contributed by atoms with Crippen molar-refractivity contribution < 1.29 is 23.5 Å². The molecule has 0 N–H and O–H groups in total. The van der Waals surface area contributed by atoms with Gasteiger partial charge in [-0.3, -0.25) is 14.4 Å². The standard InChI is InChI=1S/C27H31FN2O4/c1-2-34-27(33)22-12-14-29(15-13-22)25(31)17-19-6-10-24(11-7-19)30(26(32)21-8-9-21)18-20-4-3-5-23(28)16-20/h3-7,10-11,16,21-22H,2,8-9,12-15,17-18H2,1H3. The van der Waals surface area contributed by atoms with Crippen LogP contribution in [0.15, 0.2) is 48.5 Å². The van der Waals surface area contributed by atoms with Gasteiger partial charge in [0.05, 0.1) is 25.5 Å². The summed E-state index contributed by atoms with van der Waals surface area (Å²) in [5.41, 5.74) is 2.35. The molecular weight excluding hydrogens is 435 g/mol. The number of ether oxygens (including phenoxy) is 1. The molecule has 0 spiro atoms. The summed E-state index contributed by atoms with van der Waals surface area (Å²) in [6.45, 7) is 3.58. The zero-order valence-corrected chi connectivity index (χ0v) is 19.5. The van der Waals surface area contributed by atoms with Gasteiger partial charge in [-0.05, 0) is 68.0 Å². The number of carbonyl (C=O) groups is 3. The Kier molecular flexibility index (Phi) is 7.60. The van der Waals surface area contributed by atoms with E-state index in [0.717, 1.165) is 29.7 Å². The molecule has 2 fully saturated rings. The van der Waals surface area contributed by atoms with Crippen molar-refractivity contribution >= 4 is 23.5 Å². The average molecular weight is 467 g/mol. The Labute approximate surface area is 199 Å². The van der Waals surface area contributed by atoms with Gasteiger partial charge in [-0.25, -0.2) is 4.39 Å². The fourth-order valence-electron chi connectivity index (χ4n) is 4.37. The summed E-state index contributed by atoms with van der Waals surface area (Å²) in [7, 11) is 0. The number of esters is 1. The Morgan fingerprint density at radius 3 is 2.29 bits per heavy atom. The topological polar surface area (TPSA) is 66.9 Å². The van der Waals surface area contributed by atoms with Crippen LogP contribution < -0.4 is 4.90 Å². The number of benzene rings is 2. The molecule has 2 aromatic rings. The van der Waals surface area contributed by atoms with E-state index >= 15 is 0 Å². The molecule has 1 saturated carbocycles. The van der Waals surface area contributed by atoms with Crippen molar-refractivity contribution in [2.24, 2.45) is 11.8 Å². The summed E-state index contributed by atoms with van der Waals surface area (Å²) in [5.74, 6) is -0.507. The Morgan fingerprint density at radius 1 is 0.971 bits per heavy atom. The highest BCUT2D eigenvalue weighted by molar-refractivity contribution is 5.96. The third-order valence-corrected chi connectivity index (χ3v) is 6.49. The molecule has 4 rings (SSSR count). The highest BCUT2D eigenvalue weighted by Crippen LogP contribution is 2.33. The largest absolute Gasteiger partial charge is 0.466 e. The lowest BCUT2D eigenvalue weighted by Gasteiger charge is -2.31. The lowest BCUT2D eigenvalue weighted by Crippen LogP contribution is -2.41. The minimum atomic E-state index is -0.323. The minimum absolute atomic E-state index is 0.0285. The smallest absolute Gasteiger partial charge is 0.309 e. The van der Waals surface area contributed by atoms with Crippen molar-refractivity contribution in [2.75, 3.05) is 24.6 Å². The monoisotopic (exact) mass is 466 g/mol. The first-order valence-corrected chi connectivity index (χ1v) is 12.0. The molecule has 6 nitrogen and oxygen atoms in total. The lowest BCUT2D eigenvalue weighted by atomic mass is 9.96. The van der Waals surface area contributed by atoms with Crippen LogP contribution in [-0.4, -0.2) is 42.4 Å². The van der Waals surface area contributed by atoms with Gasteiger partial charge in [0.15, 0.2) is 0 Å². The van der Waals surface area contributed by atoms with E-state index < -0.39 is 0 Å². The second-order valence-electron chi connectivity index (χ2n) is 9.08. The SMILES string of the molecule is CCOC(=O)C1CCN(C(=O)Cc2ccc(N(Cc3cccc(F)c3)C(=O)C3CC3)cc2)CC1. The quantitative estimate of drug-likeness (QED) is 0.549. The van der Waals surface area contributed by atoms with Crippen LogP contribution >= 0.6 is 0 Å². The molecule has 0 radical (unpaired) electrons. The summed E-state index contributed by atoms with van der Waals surface area (Å²) in [5, 5.41) is 0. The minimum Gasteiger partial charge on any atom is -0.466 e. The summed E-state index contributed by atoms with van der Waals surface area (Å²) in [4.78, 5) is 41.1. The van der Waals surface area contributed by atoms with Crippen molar-refractivity contribution in [2.45, 2.75) is 45.6 Å². The van der Waals surface area contributed by atoms with Gasteiger partial charge in [0.25, 0.3) is 0 Å². The van der Waals surface area contributed by atoms with E-state index in [-0.39, 0.29) is 41.9 Å². The third-order valence-electron chi connectivity index (χ3n) is 6.49. The Morgan fingerprint density at radius 2 is 1.68 bits per heavy atom. The van der Waals surface area contributed by atoms with E-state index in [1.54, 1.807) is 22.8 Å². The highest BCUT2D eigenvalue weighted by Gasteiger charge is 2.34. The van der Waals surface area contributed by atoms with E-state index in [2.05, 4.69) is 0 Å². The van der Waals surface area contributed by atoms with E-state index in [9.17, 15) is 18.8 Å². The Balaban J connectivity index is 1.37. The number of nitrogens with zero attached hydrogens (tertiary/aromatic N) is 2. The average Bonchev–Trinajstić information content (AvgIpc) is 3.69. The predicted molar refractivity (Wildman–Crippen MR) is 126 cm³/mol. The maximum Gasteiger partial charge on any atom is 0.309 e. The van der Waals surface area contributed by atoms with Crippen LogP contribution in [0.4, 0.5) is 10.1 Å². The number of rotatable bonds is 8. The number of carbonyl (C=O) groups excluding carboxylic acids is 3. The first kappa shape index (κ1) is 23.9. The molecule has 1 aliphatic carbocycles. The van der Waals surface area contributed by atoms with Crippen LogP contribution in [0.3, 0.4) is 0 Å². The first-order chi connectivity index (χ1) is 16.4. The summed E-state index contributed by atoms with van der Waals surface area (Å²) < 4.78 is 18.7. The van der Waals surface area contributed by atoms with Gasteiger partial charge in [-0.1, -0.05) is 24.3 Å². The van der Waals surface area contributed by atoms with Gasteiger partial charge in [0.2, 0.25) is 11.8 Å². The highest BCUT2D eigenvalue weighted by atomic mass is 19.1. The fourth-order valence-corrected chi connectivity index (χ4v) is 4.37. The normalized spacial score (nSPS) is 16.2. The van der Waals surface area contributed by atoms with Crippen molar-refractivity contribution in [3.63, 3.8) is 0 Å². The summed E-state index contributed by atoms with van der Waals surface area (Å²) in [6, 6.07) is 13.8. The molecule has 180 valence electrons. The molecule has 7 heteroatoms. The number of piperidine rings is 1. The van der Waals surface area contributed by atoms with E-state index in [1.807, 2.05) is 30.3 Å². The lowest BCUT2D eigenvalue weighted by molar-refractivity contribution is -0.151. The number of anilines is 1. The van der Waals surface area contributed by atoms with Crippen molar-refractivity contribution in [1.82, 2.24) is 4.90 Å². The van der Waals surface area contributed by atoms with Gasteiger partial charge in [0.1, 0.15) is 5.82 Å². The number of halogens is 1. The van der Waals surface area contributed by atoms with Gasteiger partial charge in [-0.15, -0.1) is 0 Å². The first-order valence-electron chi connectivity index (χ1n) is 12.0. The second-order valence-corrected chi connectivity index (χ2v) is 9.08. The summed E-state index contributed by atoms with van der Waals surface area (Å²) in [6.07, 6.45) is 3.30. The molecule has 0 unspecified atom stereocenters. The van der Waals surface area contributed by atoms with E-state index in [0.29, 0.717) is 39.1 Å². The summed E-state index contributed by atoms with van der Waals surface area (Å²) >= 11 is 0. The van der Waals surface area contributed by atoms with E-state index in [4.69, 9.17) is 4.74 Å². The van der Waals surface area contributed by atoms with Crippen molar-refractivity contribution in [3.05, 3.63) is 65.5 Å². The molecule has 0 bridgehead atoms. The van der Waals surface area contributed by atoms with Crippen LogP contribution in [0.1, 0.15) is 43.7 Å². The molecule has 2 amide bonds. The van der Waals surface area contributed by atoms with Gasteiger partial charge in [0, 0.05) is 24.7 Å². The van der Waals surface area contributed by atoms with Gasteiger partial charge < -0.3 is 14.5 Å². The zero-order valence-electron chi connectivity index (χ0n) is 19.5. The van der Waals surface area contributed by atoms with Crippen molar-refractivity contribution in [1.29, 1.82) is 0 Å². The molecular formula is C27H31FN2O4. The van der Waals surface area contributed by atoms with Crippen LogP contribution in [0, 0.1) is 17.7 Å². The maximum atomic E-state index is 13.7. The molecule has 0 atom stereocenters. The van der Waals surface area contributed by atoms with Crippen LogP contribution in [0.25, 0.3) is 0 Å². The Hall–Kier alpha value is -3.22. The van der Waals surface area contributed by atoms with Gasteiger partial charge >= 0.3 is 5.97 Å². The zero-order chi connectivity index (χ0) is 24.1. The molecule has 0 aromatic heterocycles. The van der Waals surface area contributed by atoms with Crippen molar-refractivity contribution in [3.8, 4) is 0 Å². The number of hydrogen-bond donors (Lipinski definition) is 0. The van der Waals surface area contributed by atoms with Crippen LogP contribution in [-0.2, 0) is 32.1 Å². The number of amides is 2. The van der Waals surface area contributed by atoms with Crippen LogP contribution in [0.5, 0.6) is 0 Å². The Bertz CT molecular complexity index is 1030. The predicted octanol–water partition coefficient (Wildman–Crippen LogP) is 4.11. The molecule has 2 aromatic carbocycles.